The fraction of sp³-hybridized carbons (Fsp3) is 0.431. The first-order valence-electron chi connectivity index (χ1n) is 24.1. The van der Waals surface area contributed by atoms with Gasteiger partial charge in [-0.05, 0) is 104 Å². The molecule has 0 fully saturated rings. The van der Waals surface area contributed by atoms with Gasteiger partial charge < -0.3 is 38.1 Å². The van der Waals surface area contributed by atoms with Gasteiger partial charge in [-0.3, -0.25) is 9.13 Å². The van der Waals surface area contributed by atoms with Crippen LogP contribution in [0.3, 0.4) is 0 Å². The van der Waals surface area contributed by atoms with Gasteiger partial charge in [-0.15, -0.1) is 0 Å². The van der Waals surface area contributed by atoms with Crippen molar-refractivity contribution in [1.29, 1.82) is 0 Å². The van der Waals surface area contributed by atoms with E-state index in [1.165, 1.54) is 4.57 Å². The molecule has 2 aromatic carbocycles. The van der Waals surface area contributed by atoms with Crippen LogP contribution in [0.15, 0.2) is 57.6 Å². The number of nitrogens with one attached hydrogen (secondary N) is 1. The molecule has 6 aromatic heterocycles. The quantitative estimate of drug-likeness (QED) is 0.0489. The van der Waals surface area contributed by atoms with Crippen molar-refractivity contribution in [2.75, 3.05) is 19.8 Å². The molecule has 8 rings (SSSR count). The number of aryl methyl sites for hydroxylation is 2. The number of carboxylic acids is 1. The summed E-state index contributed by atoms with van der Waals surface area (Å²) in [4.78, 5) is 58.9. The summed E-state index contributed by atoms with van der Waals surface area (Å²) in [6.07, 6.45) is -0.563. The Morgan fingerprint density at radius 2 is 1.23 bits per heavy atom. The number of aromatic carboxylic acids is 1. The van der Waals surface area contributed by atoms with E-state index in [9.17, 15) is 19.5 Å². The Kier molecular flexibility index (Phi) is 15.9. The van der Waals surface area contributed by atoms with Gasteiger partial charge in [0.25, 0.3) is 11.8 Å². The number of ether oxygens (including phenoxy) is 4. The Balaban J connectivity index is 0.000000220. The average Bonchev–Trinajstić information content (AvgIpc) is 4.16. The van der Waals surface area contributed by atoms with E-state index in [0.29, 0.717) is 53.4 Å². The van der Waals surface area contributed by atoms with Gasteiger partial charge in [-0.25, -0.2) is 28.9 Å². The van der Waals surface area contributed by atoms with E-state index in [-0.39, 0.29) is 37.6 Å². The summed E-state index contributed by atoms with van der Waals surface area (Å²) in [6, 6.07) is 17.1. The summed E-state index contributed by atoms with van der Waals surface area (Å²) in [5.74, 6) is 0.195. The van der Waals surface area contributed by atoms with E-state index in [4.69, 9.17) is 28.0 Å². The SMILES string of the molecule is CCOC(=O)c1nc(-c2ccc3c(c2)cc(-c2nc(C)no2)n3C(=O)OC(C)(C)C)c(C)n1COCC[Si](C)(C)C.Cc1noc(-c2cc3cc(-c4nc(C(=O)O)n(COCC[Si](C)(C)C)c4C)ccc3[nH]2)n1. The lowest BCUT2D eigenvalue weighted by molar-refractivity contribution is 0.0460. The third-order valence-electron chi connectivity index (χ3n) is 11.6. The average molecular weight is 1040 g/mol. The second-order valence-electron chi connectivity index (χ2n) is 21.2. The molecule has 0 saturated heterocycles. The minimum atomic E-state index is -1.27. The number of benzene rings is 2. The van der Waals surface area contributed by atoms with Crippen LogP contribution >= 0.6 is 0 Å². The summed E-state index contributed by atoms with van der Waals surface area (Å²) >= 11 is 0. The van der Waals surface area contributed by atoms with Crippen LogP contribution in [0.4, 0.5) is 4.79 Å². The van der Waals surface area contributed by atoms with Crippen LogP contribution in [0.2, 0.25) is 51.4 Å². The topological polar surface area (TPSA) is 243 Å². The smallest absolute Gasteiger partial charge is 0.419 e. The maximum absolute atomic E-state index is 13.3. The number of esters is 1. The van der Waals surface area contributed by atoms with Gasteiger partial charge in [-0.1, -0.05) is 61.7 Å². The van der Waals surface area contributed by atoms with Crippen molar-refractivity contribution >= 4 is 56.0 Å². The number of aromatic nitrogens is 10. The summed E-state index contributed by atoms with van der Waals surface area (Å²) < 4.78 is 38.2. The van der Waals surface area contributed by atoms with Gasteiger partial charge in [0, 0.05) is 68.2 Å². The zero-order valence-electron chi connectivity index (χ0n) is 44.2. The van der Waals surface area contributed by atoms with E-state index in [1.54, 1.807) is 56.7 Å². The summed E-state index contributed by atoms with van der Waals surface area (Å²) in [7, 11) is -2.49. The first-order valence-corrected chi connectivity index (χ1v) is 31.6. The molecular weight excluding hydrogens is 969 g/mol. The van der Waals surface area contributed by atoms with Crippen molar-refractivity contribution in [3.63, 3.8) is 0 Å². The monoisotopic (exact) mass is 1030 g/mol. The molecule has 0 amide bonds. The molecule has 0 aliphatic carbocycles. The standard InChI is InChI=1S/C29H39N5O6Si.C22H27N5O4Si/c1-10-38-27(35)25-31-24(18(2)33(25)17-37-13-14-41(7,8)9)20-11-12-22-21(15-20)16-23(26-30-19(3)32-40-26)34(22)28(36)39-29(4,5)6;1-13-19(25-20(22(28)29)27(13)12-30-8-9-32(3,4)5)15-6-7-17-16(10-15)11-18(24-17)21-23-14(2)26-31-21/h11-12,15-16H,10,13-14,17H2,1-9H3;6-7,10-11,24H,8-9,12H2,1-5H3,(H,28,29). The van der Waals surface area contributed by atoms with Gasteiger partial charge in [0.15, 0.2) is 11.6 Å². The van der Waals surface area contributed by atoms with E-state index in [0.717, 1.165) is 56.6 Å². The van der Waals surface area contributed by atoms with Crippen LogP contribution in [0.1, 0.15) is 72.0 Å². The predicted molar refractivity (Wildman–Crippen MR) is 281 cm³/mol. The number of carbonyl (C=O) groups is 3. The van der Waals surface area contributed by atoms with Crippen LogP contribution in [0.25, 0.3) is 67.5 Å². The van der Waals surface area contributed by atoms with Crippen LogP contribution in [0, 0.1) is 27.7 Å². The Bertz CT molecular complexity index is 3280. The van der Waals surface area contributed by atoms with Crippen LogP contribution in [0.5, 0.6) is 0 Å². The molecule has 6 heterocycles. The maximum Gasteiger partial charge on any atom is 0.419 e. The van der Waals surface area contributed by atoms with E-state index >= 15 is 0 Å². The zero-order chi connectivity index (χ0) is 53.2. The second-order valence-corrected chi connectivity index (χ2v) is 32.5. The van der Waals surface area contributed by atoms with Crippen molar-refractivity contribution in [1.82, 2.24) is 48.9 Å². The highest BCUT2D eigenvalue weighted by Gasteiger charge is 2.28. The van der Waals surface area contributed by atoms with Crippen molar-refractivity contribution in [2.45, 2.75) is 126 Å². The number of carboxylic acid groups (broad SMARTS) is 1. The molecule has 2 N–H and O–H groups in total. The molecule has 8 aromatic rings. The highest BCUT2D eigenvalue weighted by Crippen LogP contribution is 2.34. The number of carbonyl (C=O) groups excluding carboxylic acids is 2. The Morgan fingerprint density at radius 1 is 0.699 bits per heavy atom. The Hall–Kier alpha value is -7.02. The normalized spacial score (nSPS) is 12.1. The van der Waals surface area contributed by atoms with Crippen LogP contribution in [-0.4, -0.2) is 114 Å². The van der Waals surface area contributed by atoms with Crippen molar-refractivity contribution in [2.24, 2.45) is 0 Å². The first-order chi connectivity index (χ1) is 34.3. The zero-order valence-corrected chi connectivity index (χ0v) is 46.2. The van der Waals surface area contributed by atoms with Gasteiger partial charge in [0.05, 0.1) is 23.5 Å². The predicted octanol–water partition coefficient (Wildman–Crippen LogP) is 11.2. The lowest BCUT2D eigenvalue weighted by atomic mass is 10.1. The molecule has 73 heavy (non-hydrogen) atoms. The van der Waals surface area contributed by atoms with Gasteiger partial charge >= 0.3 is 18.0 Å². The highest BCUT2D eigenvalue weighted by molar-refractivity contribution is 6.76. The number of imidazole rings is 2. The molecule has 0 unspecified atom stereocenters. The number of hydrogen-bond donors (Lipinski definition) is 2. The minimum Gasteiger partial charge on any atom is -0.475 e. The molecule has 0 saturated carbocycles. The lowest BCUT2D eigenvalue weighted by Gasteiger charge is -2.20. The number of aromatic amines is 1. The van der Waals surface area contributed by atoms with Crippen LogP contribution in [-0.2, 0) is 32.4 Å². The van der Waals surface area contributed by atoms with E-state index in [2.05, 4.69) is 74.5 Å². The van der Waals surface area contributed by atoms with Gasteiger partial charge in [0.1, 0.15) is 30.5 Å². The molecule has 22 heteroatoms. The number of nitrogens with zero attached hydrogens (tertiary/aromatic N) is 9. The molecule has 0 bridgehead atoms. The minimum absolute atomic E-state index is 0.0262. The van der Waals surface area contributed by atoms with E-state index < -0.39 is 39.8 Å². The summed E-state index contributed by atoms with van der Waals surface area (Å²) in [5, 5.41) is 19.1. The molecule has 0 atom stereocenters. The fourth-order valence-corrected chi connectivity index (χ4v) is 9.25. The van der Waals surface area contributed by atoms with Crippen molar-refractivity contribution in [3.8, 4) is 45.7 Å². The Morgan fingerprint density at radius 3 is 1.75 bits per heavy atom. The maximum atomic E-state index is 13.3. The summed E-state index contributed by atoms with van der Waals surface area (Å²) in [5.41, 5.74) is 6.27. The van der Waals surface area contributed by atoms with Crippen molar-refractivity contribution in [3.05, 3.63) is 83.2 Å². The molecule has 20 nitrogen and oxygen atoms in total. The third kappa shape index (κ3) is 13.0. The van der Waals surface area contributed by atoms with Crippen molar-refractivity contribution < 1.29 is 47.5 Å². The van der Waals surface area contributed by atoms with E-state index in [1.807, 2.05) is 56.3 Å². The highest BCUT2D eigenvalue weighted by atomic mass is 28.3. The third-order valence-corrected chi connectivity index (χ3v) is 15.0. The first kappa shape index (κ1) is 53.8. The largest absolute Gasteiger partial charge is 0.475 e. The Labute approximate surface area is 425 Å². The number of H-pyrrole nitrogens is 1. The molecule has 0 radical (unpaired) electrons. The van der Waals surface area contributed by atoms with Gasteiger partial charge in [-0.2, -0.15) is 9.97 Å². The lowest BCUT2D eigenvalue weighted by Crippen LogP contribution is -2.27. The fourth-order valence-electron chi connectivity index (χ4n) is 7.74. The van der Waals surface area contributed by atoms with Crippen LogP contribution < -0.4 is 0 Å². The number of fused-ring (bicyclic) bond motifs is 2. The molecule has 0 aliphatic heterocycles. The molecule has 0 spiro atoms. The molecule has 0 aliphatic rings. The van der Waals surface area contributed by atoms with Gasteiger partial charge in [0.2, 0.25) is 11.6 Å². The number of rotatable bonds is 17. The molecular formula is C51H66N10O10Si2. The molecule has 388 valence electrons. The number of hydrogen-bond acceptors (Lipinski definition) is 15. The second kappa shape index (κ2) is 21.6. The summed E-state index contributed by atoms with van der Waals surface area (Å²) in [6.45, 7) is 29.9.